The molecule has 5 heterocycles. The van der Waals surface area contributed by atoms with Gasteiger partial charge in [0.15, 0.2) is 0 Å². The standard InChI is InChI=1S/C33H37N5O2/c1-20-10-12-24-22(16-20)30(37-14-4-8-32(37)39)18-28(34-24)26-6-3-7-27(36-26)29-19-31(38-15-5-9-33(38)40)23-17-21(2)11-13-25(23)35-29/h3,6-7,10-13,16-17,28-31,34-35H,4-5,8-9,14-15,18-19H2,1-2H3. The van der Waals surface area contributed by atoms with Gasteiger partial charge in [-0.05, 0) is 74.9 Å². The highest BCUT2D eigenvalue weighted by atomic mass is 16.2. The van der Waals surface area contributed by atoms with Crippen molar-refractivity contribution in [2.24, 2.45) is 0 Å². The van der Waals surface area contributed by atoms with Gasteiger partial charge in [0.05, 0.1) is 35.6 Å². The number of hydrogen-bond acceptors (Lipinski definition) is 5. The highest BCUT2D eigenvalue weighted by molar-refractivity contribution is 5.80. The molecule has 3 aromatic rings. The molecule has 7 rings (SSSR count). The smallest absolute Gasteiger partial charge is 0.223 e. The van der Waals surface area contributed by atoms with Gasteiger partial charge in [-0.3, -0.25) is 14.6 Å². The summed E-state index contributed by atoms with van der Waals surface area (Å²) >= 11 is 0. The molecular formula is C33H37N5O2. The molecule has 7 nitrogen and oxygen atoms in total. The van der Waals surface area contributed by atoms with Crippen LogP contribution >= 0.6 is 0 Å². The fourth-order valence-electron chi connectivity index (χ4n) is 7.21. The maximum absolute atomic E-state index is 12.8. The van der Waals surface area contributed by atoms with Gasteiger partial charge >= 0.3 is 0 Å². The molecule has 4 unspecified atom stereocenters. The van der Waals surface area contributed by atoms with Crippen LogP contribution in [0.4, 0.5) is 11.4 Å². The van der Waals surface area contributed by atoms with Crippen molar-refractivity contribution < 1.29 is 9.59 Å². The summed E-state index contributed by atoms with van der Waals surface area (Å²) in [5.41, 5.74) is 9.00. The molecule has 4 aliphatic heterocycles. The second kappa shape index (κ2) is 9.95. The van der Waals surface area contributed by atoms with E-state index in [9.17, 15) is 9.59 Å². The third kappa shape index (κ3) is 4.41. The molecule has 4 atom stereocenters. The maximum Gasteiger partial charge on any atom is 0.223 e. The molecular weight excluding hydrogens is 498 g/mol. The van der Waals surface area contributed by atoms with Gasteiger partial charge in [0.1, 0.15) is 0 Å². The Kier molecular flexibility index (Phi) is 6.25. The zero-order valence-corrected chi connectivity index (χ0v) is 23.3. The topological polar surface area (TPSA) is 77.6 Å². The molecule has 0 saturated carbocycles. The van der Waals surface area contributed by atoms with E-state index < -0.39 is 0 Å². The summed E-state index contributed by atoms with van der Waals surface area (Å²) < 4.78 is 0. The monoisotopic (exact) mass is 535 g/mol. The number of likely N-dealkylation sites (tertiary alicyclic amines) is 2. The van der Waals surface area contributed by atoms with E-state index in [4.69, 9.17) is 4.98 Å². The third-order valence-corrected chi connectivity index (χ3v) is 9.19. The summed E-state index contributed by atoms with van der Waals surface area (Å²) in [6.45, 7) is 5.86. The molecule has 0 aliphatic carbocycles. The van der Waals surface area contributed by atoms with Crippen LogP contribution in [-0.4, -0.2) is 39.7 Å². The summed E-state index contributed by atoms with van der Waals surface area (Å²) in [5.74, 6) is 0.505. The lowest BCUT2D eigenvalue weighted by Crippen LogP contribution is -2.36. The number of nitrogens with one attached hydrogen (secondary N) is 2. The van der Waals surface area contributed by atoms with Gasteiger partial charge in [0, 0.05) is 37.3 Å². The van der Waals surface area contributed by atoms with E-state index in [0.29, 0.717) is 12.8 Å². The van der Waals surface area contributed by atoms with Gasteiger partial charge in [-0.25, -0.2) is 0 Å². The second-order valence-electron chi connectivity index (χ2n) is 11.9. The molecule has 2 aromatic carbocycles. The van der Waals surface area contributed by atoms with Crippen LogP contribution in [0.25, 0.3) is 0 Å². The number of anilines is 2. The Labute approximate surface area is 236 Å². The van der Waals surface area contributed by atoms with Gasteiger partial charge < -0.3 is 20.4 Å². The number of hydrogen-bond donors (Lipinski definition) is 2. The lowest BCUT2D eigenvalue weighted by Gasteiger charge is -2.39. The van der Waals surface area contributed by atoms with Gasteiger partial charge in [-0.15, -0.1) is 0 Å². The minimum atomic E-state index is 0.00281. The van der Waals surface area contributed by atoms with Crippen molar-refractivity contribution in [3.63, 3.8) is 0 Å². The minimum absolute atomic E-state index is 0.00281. The SMILES string of the molecule is Cc1ccc2c(c1)C(N1CCCC1=O)CC(c1cccc(C3CC(N4CCCC4=O)c4cc(C)ccc4N3)n1)N2. The molecule has 2 fully saturated rings. The van der Waals surface area contributed by atoms with Gasteiger partial charge in [-0.2, -0.15) is 0 Å². The van der Waals surface area contributed by atoms with E-state index in [-0.39, 0.29) is 36.0 Å². The normalized spacial score (nSPS) is 25.9. The highest BCUT2D eigenvalue weighted by Crippen LogP contribution is 2.45. The van der Waals surface area contributed by atoms with Crippen molar-refractivity contribution in [3.8, 4) is 0 Å². The Hall–Kier alpha value is -3.87. The summed E-state index contributed by atoms with van der Waals surface area (Å²) in [7, 11) is 0. The lowest BCUT2D eigenvalue weighted by atomic mass is 9.88. The van der Waals surface area contributed by atoms with Crippen LogP contribution in [0.2, 0.25) is 0 Å². The molecule has 206 valence electrons. The van der Waals surface area contributed by atoms with E-state index >= 15 is 0 Å². The average Bonchev–Trinajstić information content (AvgIpc) is 3.59. The predicted octanol–water partition coefficient (Wildman–Crippen LogP) is 6.14. The van der Waals surface area contributed by atoms with Crippen molar-refractivity contribution in [1.29, 1.82) is 0 Å². The summed E-state index contributed by atoms with van der Waals surface area (Å²) in [4.78, 5) is 35.0. The number of benzene rings is 2. The number of aromatic nitrogens is 1. The van der Waals surface area contributed by atoms with Crippen LogP contribution in [-0.2, 0) is 9.59 Å². The first-order valence-corrected chi connectivity index (χ1v) is 14.7. The van der Waals surface area contributed by atoms with Crippen molar-refractivity contribution in [3.05, 3.63) is 88.2 Å². The maximum atomic E-state index is 12.8. The van der Waals surface area contributed by atoms with E-state index in [1.807, 2.05) is 0 Å². The van der Waals surface area contributed by atoms with Gasteiger partial charge in [-0.1, -0.05) is 41.5 Å². The molecule has 40 heavy (non-hydrogen) atoms. The summed E-state index contributed by atoms with van der Waals surface area (Å²) in [6.07, 6.45) is 4.72. The second-order valence-corrected chi connectivity index (χ2v) is 11.9. The van der Waals surface area contributed by atoms with Gasteiger partial charge in [0.2, 0.25) is 11.8 Å². The van der Waals surface area contributed by atoms with Crippen LogP contribution < -0.4 is 10.6 Å². The first kappa shape index (κ1) is 25.1. The van der Waals surface area contributed by atoms with E-state index in [1.165, 1.54) is 22.3 Å². The van der Waals surface area contributed by atoms with Crippen LogP contribution in [0, 0.1) is 13.8 Å². The molecule has 0 spiro atoms. The van der Waals surface area contributed by atoms with E-state index in [0.717, 1.165) is 61.5 Å². The van der Waals surface area contributed by atoms with Crippen molar-refractivity contribution in [2.45, 2.75) is 76.5 Å². The highest BCUT2D eigenvalue weighted by Gasteiger charge is 2.38. The summed E-state index contributed by atoms with van der Waals surface area (Å²) in [5, 5.41) is 7.49. The van der Waals surface area contributed by atoms with E-state index in [1.54, 1.807) is 0 Å². The quantitative estimate of drug-likeness (QED) is 0.420. The molecule has 2 saturated heterocycles. The number of fused-ring (bicyclic) bond motifs is 2. The number of rotatable bonds is 4. The van der Waals surface area contributed by atoms with Crippen LogP contribution in [0.3, 0.4) is 0 Å². The zero-order valence-electron chi connectivity index (χ0n) is 23.3. The number of pyridine rings is 1. The Balaban J connectivity index is 1.21. The molecule has 2 N–H and O–H groups in total. The number of nitrogens with zero attached hydrogens (tertiary/aromatic N) is 3. The lowest BCUT2D eigenvalue weighted by molar-refractivity contribution is -0.130. The Morgan fingerprint density at radius 3 is 1.60 bits per heavy atom. The predicted molar refractivity (Wildman–Crippen MR) is 156 cm³/mol. The molecule has 7 heteroatoms. The fourth-order valence-corrected chi connectivity index (χ4v) is 7.21. The van der Waals surface area contributed by atoms with Crippen LogP contribution in [0.5, 0.6) is 0 Å². The van der Waals surface area contributed by atoms with Crippen LogP contribution in [0.1, 0.15) is 96.3 Å². The molecule has 0 bridgehead atoms. The largest absolute Gasteiger partial charge is 0.376 e. The summed E-state index contributed by atoms with van der Waals surface area (Å²) in [6, 6.07) is 19.4. The molecule has 2 amide bonds. The van der Waals surface area contributed by atoms with Crippen LogP contribution in [0.15, 0.2) is 54.6 Å². The first-order valence-electron chi connectivity index (χ1n) is 14.7. The first-order chi connectivity index (χ1) is 19.4. The number of amides is 2. The van der Waals surface area contributed by atoms with Crippen molar-refractivity contribution in [2.75, 3.05) is 23.7 Å². The van der Waals surface area contributed by atoms with Crippen molar-refractivity contribution >= 4 is 23.2 Å². The number of carbonyl (C=O) groups excluding carboxylic acids is 2. The minimum Gasteiger partial charge on any atom is -0.376 e. The molecule has 1 aromatic heterocycles. The zero-order chi connectivity index (χ0) is 27.4. The Bertz CT molecular complexity index is 1380. The van der Waals surface area contributed by atoms with Crippen molar-refractivity contribution in [1.82, 2.24) is 14.8 Å². The van der Waals surface area contributed by atoms with E-state index in [2.05, 4.69) is 88.9 Å². The molecule has 0 radical (unpaired) electrons. The molecule has 4 aliphatic rings. The Morgan fingerprint density at radius 2 is 1.18 bits per heavy atom. The fraction of sp³-hybridized carbons (Fsp3) is 0.424. The average molecular weight is 536 g/mol. The number of aryl methyl sites for hydroxylation is 2. The Morgan fingerprint density at radius 1 is 0.700 bits per heavy atom. The van der Waals surface area contributed by atoms with Gasteiger partial charge in [0.25, 0.3) is 0 Å². The third-order valence-electron chi connectivity index (χ3n) is 9.19. The number of carbonyl (C=O) groups is 2.